The quantitative estimate of drug-likeness (QED) is 0.746. The van der Waals surface area contributed by atoms with E-state index in [1.807, 2.05) is 0 Å². The highest BCUT2D eigenvalue weighted by atomic mass is 19.4. The predicted molar refractivity (Wildman–Crippen MR) is 51.2 cm³/mol. The van der Waals surface area contributed by atoms with Crippen molar-refractivity contribution in [1.82, 2.24) is 4.98 Å². The van der Waals surface area contributed by atoms with Gasteiger partial charge >= 0.3 is 12.3 Å². The predicted octanol–water partition coefficient (Wildman–Crippen LogP) is 0.520. The van der Waals surface area contributed by atoms with Crippen LogP contribution in [0.3, 0.4) is 0 Å². The van der Waals surface area contributed by atoms with Crippen LogP contribution in [-0.4, -0.2) is 29.9 Å². The molecule has 0 fully saturated rings. The summed E-state index contributed by atoms with van der Waals surface area (Å²) in [5.41, 5.74) is -1.39. The second kappa shape index (κ2) is 5.55. The van der Waals surface area contributed by atoms with Gasteiger partial charge in [0.2, 0.25) is 0 Å². The molecule has 0 saturated heterocycles. The molecule has 1 aromatic heterocycles. The van der Waals surface area contributed by atoms with Crippen LogP contribution in [0.25, 0.3) is 0 Å². The molecule has 0 aliphatic rings. The van der Waals surface area contributed by atoms with Crippen molar-refractivity contribution in [3.8, 4) is 5.75 Å². The molecule has 104 valence electrons. The minimum Gasteiger partial charge on any atom is -0.545 e. The van der Waals surface area contributed by atoms with Gasteiger partial charge in [-0.1, -0.05) is 0 Å². The highest BCUT2D eigenvalue weighted by Gasteiger charge is 2.35. The second-order valence-corrected chi connectivity index (χ2v) is 3.12. The summed E-state index contributed by atoms with van der Waals surface area (Å²) in [5.74, 6) is -4.13. The summed E-state index contributed by atoms with van der Waals surface area (Å²) in [6.45, 7) is 1.38. The number of ether oxygens (including phenoxy) is 2. The minimum atomic E-state index is -5.20. The molecule has 0 spiro atoms. The average molecular weight is 278 g/mol. The first-order valence-electron chi connectivity index (χ1n) is 4.88. The number of rotatable bonds is 4. The molecule has 0 unspecified atom stereocenters. The Kier molecular flexibility index (Phi) is 4.30. The van der Waals surface area contributed by atoms with Gasteiger partial charge in [0.1, 0.15) is 11.3 Å². The van der Waals surface area contributed by atoms with Crippen molar-refractivity contribution in [1.29, 1.82) is 0 Å². The van der Waals surface area contributed by atoms with E-state index in [4.69, 9.17) is 4.74 Å². The van der Waals surface area contributed by atoms with Gasteiger partial charge < -0.3 is 19.4 Å². The molecule has 1 aromatic rings. The van der Waals surface area contributed by atoms with Gasteiger partial charge in [-0.2, -0.15) is 0 Å². The Labute approximate surface area is 104 Å². The van der Waals surface area contributed by atoms with Gasteiger partial charge in [-0.25, -0.2) is 4.79 Å². The van der Waals surface area contributed by atoms with Gasteiger partial charge in [0.25, 0.3) is 0 Å². The maximum atomic E-state index is 11.9. The van der Waals surface area contributed by atoms with E-state index in [0.29, 0.717) is 6.20 Å². The minimum absolute atomic E-state index is 0.0728. The number of halogens is 3. The number of carboxylic acid groups (broad SMARTS) is 1. The molecule has 0 amide bonds. The van der Waals surface area contributed by atoms with E-state index >= 15 is 0 Å². The number of esters is 1. The summed E-state index contributed by atoms with van der Waals surface area (Å²) in [6, 6.07) is 0. The Bertz CT molecular complexity index is 500. The molecule has 19 heavy (non-hydrogen) atoms. The molecular weight excluding hydrogens is 271 g/mol. The van der Waals surface area contributed by atoms with E-state index in [1.54, 1.807) is 0 Å². The number of hydrogen-bond donors (Lipinski definition) is 0. The van der Waals surface area contributed by atoms with E-state index in [-0.39, 0.29) is 6.61 Å². The number of alkyl halides is 3. The number of carbonyl (C=O) groups excluding carboxylic acids is 2. The van der Waals surface area contributed by atoms with Crippen LogP contribution in [0.5, 0.6) is 5.75 Å². The number of carboxylic acids is 1. The zero-order valence-electron chi connectivity index (χ0n) is 9.48. The standard InChI is InChI=1S/C10H8F3NO5/c1-2-18-7-5(8(15)16)3-14-4-6(7)9(17)19-10(11,12)13/h3-4H,2H2,1H3,(H,15,16)/p-1. The van der Waals surface area contributed by atoms with Crippen LogP contribution >= 0.6 is 0 Å². The molecule has 0 radical (unpaired) electrons. The lowest BCUT2D eigenvalue weighted by Gasteiger charge is -2.14. The molecule has 0 atom stereocenters. The maximum Gasteiger partial charge on any atom is 0.575 e. The maximum absolute atomic E-state index is 11.9. The summed E-state index contributed by atoms with van der Waals surface area (Å²) in [4.78, 5) is 25.3. The SMILES string of the molecule is CCOc1c(C(=O)[O-])cncc1C(=O)OC(F)(F)F. The van der Waals surface area contributed by atoms with Crippen molar-refractivity contribution in [3.63, 3.8) is 0 Å². The molecule has 9 heteroatoms. The zero-order valence-corrected chi connectivity index (χ0v) is 9.48. The Morgan fingerprint density at radius 1 is 1.32 bits per heavy atom. The summed E-state index contributed by atoms with van der Waals surface area (Å²) in [5, 5.41) is 10.8. The van der Waals surface area contributed by atoms with Crippen molar-refractivity contribution in [2.45, 2.75) is 13.3 Å². The summed E-state index contributed by atoms with van der Waals surface area (Å²) in [7, 11) is 0. The number of aromatic nitrogens is 1. The molecule has 0 N–H and O–H groups in total. The van der Waals surface area contributed by atoms with Crippen LogP contribution in [0.15, 0.2) is 12.4 Å². The number of pyridine rings is 1. The molecule has 1 heterocycles. The lowest BCUT2D eigenvalue weighted by atomic mass is 10.1. The lowest BCUT2D eigenvalue weighted by Crippen LogP contribution is -2.25. The van der Waals surface area contributed by atoms with Crippen LogP contribution in [0, 0.1) is 0 Å². The molecule has 0 saturated carbocycles. The lowest BCUT2D eigenvalue weighted by molar-refractivity contribution is -0.291. The molecule has 0 aliphatic carbocycles. The van der Waals surface area contributed by atoms with Gasteiger partial charge in [0.05, 0.1) is 18.1 Å². The summed E-state index contributed by atoms with van der Waals surface area (Å²) < 4.78 is 43.8. The van der Waals surface area contributed by atoms with Gasteiger partial charge in [0, 0.05) is 12.4 Å². The first kappa shape index (κ1) is 14.7. The normalized spacial score (nSPS) is 10.9. The van der Waals surface area contributed by atoms with Crippen molar-refractivity contribution >= 4 is 11.9 Å². The fourth-order valence-corrected chi connectivity index (χ4v) is 1.20. The van der Waals surface area contributed by atoms with Gasteiger partial charge in [-0.05, 0) is 6.92 Å². The fourth-order valence-electron chi connectivity index (χ4n) is 1.20. The third-order valence-corrected chi connectivity index (χ3v) is 1.83. The van der Waals surface area contributed by atoms with Crippen molar-refractivity contribution in [3.05, 3.63) is 23.5 Å². The Balaban J connectivity index is 3.23. The largest absolute Gasteiger partial charge is 0.575 e. The highest BCUT2D eigenvalue weighted by molar-refractivity contribution is 5.98. The smallest absolute Gasteiger partial charge is 0.545 e. The van der Waals surface area contributed by atoms with Crippen LogP contribution in [0.2, 0.25) is 0 Å². The van der Waals surface area contributed by atoms with Gasteiger partial charge in [0.15, 0.2) is 0 Å². The molecule has 6 nitrogen and oxygen atoms in total. The molecular formula is C10H7F3NO5-. The topological polar surface area (TPSA) is 88.5 Å². The van der Waals surface area contributed by atoms with E-state index in [9.17, 15) is 27.9 Å². The van der Waals surface area contributed by atoms with E-state index in [1.165, 1.54) is 6.92 Å². The third-order valence-electron chi connectivity index (χ3n) is 1.83. The van der Waals surface area contributed by atoms with Gasteiger partial charge in [-0.15, -0.1) is 13.2 Å². The molecule has 1 rings (SSSR count). The highest BCUT2D eigenvalue weighted by Crippen LogP contribution is 2.26. The van der Waals surface area contributed by atoms with Crippen LogP contribution < -0.4 is 9.84 Å². The van der Waals surface area contributed by atoms with E-state index in [2.05, 4.69) is 9.72 Å². The van der Waals surface area contributed by atoms with Crippen LogP contribution in [0.4, 0.5) is 13.2 Å². The molecule has 0 aliphatic heterocycles. The number of hydrogen-bond acceptors (Lipinski definition) is 6. The van der Waals surface area contributed by atoms with Crippen molar-refractivity contribution in [2.24, 2.45) is 0 Å². The molecule has 0 aromatic carbocycles. The Hall–Kier alpha value is -2.32. The third kappa shape index (κ3) is 3.83. The van der Waals surface area contributed by atoms with Gasteiger partial charge in [-0.3, -0.25) is 4.98 Å². The van der Waals surface area contributed by atoms with E-state index < -0.39 is 35.2 Å². The van der Waals surface area contributed by atoms with Crippen LogP contribution in [-0.2, 0) is 4.74 Å². The summed E-state index contributed by atoms with van der Waals surface area (Å²) in [6.07, 6.45) is -3.69. The first-order chi connectivity index (χ1) is 8.76. The Morgan fingerprint density at radius 2 is 1.89 bits per heavy atom. The monoisotopic (exact) mass is 278 g/mol. The number of aromatic carboxylic acids is 1. The number of carbonyl (C=O) groups is 2. The second-order valence-electron chi connectivity index (χ2n) is 3.12. The average Bonchev–Trinajstić information content (AvgIpc) is 2.26. The molecule has 0 bridgehead atoms. The van der Waals surface area contributed by atoms with E-state index in [0.717, 1.165) is 6.20 Å². The van der Waals surface area contributed by atoms with Crippen LogP contribution in [0.1, 0.15) is 27.6 Å². The summed E-state index contributed by atoms with van der Waals surface area (Å²) >= 11 is 0. The van der Waals surface area contributed by atoms with Crippen molar-refractivity contribution < 1.29 is 37.3 Å². The Morgan fingerprint density at radius 3 is 2.37 bits per heavy atom. The first-order valence-corrected chi connectivity index (χ1v) is 4.88. The number of nitrogens with zero attached hydrogens (tertiary/aromatic N) is 1. The fraction of sp³-hybridized carbons (Fsp3) is 0.300. The zero-order chi connectivity index (χ0) is 14.6. The van der Waals surface area contributed by atoms with Crippen molar-refractivity contribution in [2.75, 3.05) is 6.61 Å².